The SMILES string of the molecule is CC1(C)Cc2c(ccc3ccccc23)C(=NC(Cc2c[nH]c3ccccc23)C(=O)O)N1. The van der Waals surface area contributed by atoms with E-state index in [0.717, 1.165) is 28.5 Å². The van der Waals surface area contributed by atoms with Crippen LogP contribution in [0.5, 0.6) is 0 Å². The number of nitrogens with one attached hydrogen (secondary N) is 2. The Morgan fingerprint density at radius 1 is 1.06 bits per heavy atom. The van der Waals surface area contributed by atoms with Gasteiger partial charge in [0.25, 0.3) is 0 Å². The predicted octanol–water partition coefficient (Wildman–Crippen LogP) is 4.69. The minimum atomic E-state index is -0.926. The molecule has 1 aromatic heterocycles. The molecule has 4 aromatic rings. The van der Waals surface area contributed by atoms with Crippen molar-refractivity contribution < 1.29 is 9.90 Å². The number of aliphatic imine (C=N–C) groups is 1. The number of hydrogen-bond acceptors (Lipinski definition) is 2. The third-order valence-electron chi connectivity index (χ3n) is 6.03. The maximum absolute atomic E-state index is 12.2. The zero-order valence-electron chi connectivity index (χ0n) is 17.6. The molecule has 156 valence electrons. The van der Waals surface area contributed by atoms with Gasteiger partial charge in [0, 0.05) is 34.6 Å². The Morgan fingerprint density at radius 3 is 2.61 bits per heavy atom. The summed E-state index contributed by atoms with van der Waals surface area (Å²) in [4.78, 5) is 20.2. The number of para-hydroxylation sites is 1. The number of aromatic amines is 1. The van der Waals surface area contributed by atoms with Gasteiger partial charge in [0.15, 0.2) is 6.04 Å². The monoisotopic (exact) mass is 411 g/mol. The molecule has 1 atom stereocenters. The number of H-pyrrole nitrogens is 1. The van der Waals surface area contributed by atoms with Gasteiger partial charge in [0.1, 0.15) is 5.84 Å². The third-order valence-corrected chi connectivity index (χ3v) is 6.03. The molecule has 0 radical (unpaired) electrons. The summed E-state index contributed by atoms with van der Waals surface area (Å²) < 4.78 is 0. The van der Waals surface area contributed by atoms with Gasteiger partial charge in [0.05, 0.1) is 0 Å². The van der Waals surface area contributed by atoms with Gasteiger partial charge in [-0.3, -0.25) is 4.99 Å². The summed E-state index contributed by atoms with van der Waals surface area (Å²) in [5.41, 5.74) is 3.95. The number of hydrogen-bond donors (Lipinski definition) is 3. The Bertz CT molecular complexity index is 1330. The molecule has 5 heteroatoms. The lowest BCUT2D eigenvalue weighted by Crippen LogP contribution is -2.50. The lowest BCUT2D eigenvalue weighted by atomic mass is 9.84. The number of aromatic nitrogens is 1. The van der Waals surface area contributed by atoms with Crippen LogP contribution in [0.3, 0.4) is 0 Å². The molecule has 0 saturated heterocycles. The van der Waals surface area contributed by atoms with Crippen molar-refractivity contribution in [1.82, 2.24) is 10.3 Å². The number of amidine groups is 1. The van der Waals surface area contributed by atoms with Gasteiger partial charge < -0.3 is 15.4 Å². The van der Waals surface area contributed by atoms with Crippen molar-refractivity contribution >= 4 is 33.5 Å². The van der Waals surface area contributed by atoms with Gasteiger partial charge in [-0.1, -0.05) is 54.6 Å². The summed E-state index contributed by atoms with van der Waals surface area (Å²) in [5.74, 6) is -0.269. The van der Waals surface area contributed by atoms with E-state index in [4.69, 9.17) is 4.99 Å². The van der Waals surface area contributed by atoms with Crippen LogP contribution < -0.4 is 5.32 Å². The van der Waals surface area contributed by atoms with Crippen molar-refractivity contribution in [1.29, 1.82) is 0 Å². The van der Waals surface area contributed by atoms with Crippen molar-refractivity contribution in [3.8, 4) is 0 Å². The lowest BCUT2D eigenvalue weighted by Gasteiger charge is -2.35. The molecule has 1 unspecified atom stereocenters. The average Bonchev–Trinajstić information content (AvgIpc) is 3.15. The smallest absolute Gasteiger partial charge is 0.328 e. The van der Waals surface area contributed by atoms with E-state index in [9.17, 15) is 9.90 Å². The van der Waals surface area contributed by atoms with Gasteiger partial charge in [0.2, 0.25) is 0 Å². The molecule has 0 fully saturated rings. The topological polar surface area (TPSA) is 77.5 Å². The molecule has 0 amide bonds. The first-order valence-corrected chi connectivity index (χ1v) is 10.6. The number of fused-ring (bicyclic) bond motifs is 4. The molecule has 31 heavy (non-hydrogen) atoms. The molecule has 5 nitrogen and oxygen atoms in total. The van der Waals surface area contributed by atoms with Gasteiger partial charge in [-0.05, 0) is 48.2 Å². The Hall–Kier alpha value is -3.60. The van der Waals surface area contributed by atoms with E-state index in [1.807, 2.05) is 42.6 Å². The van der Waals surface area contributed by atoms with Crippen molar-refractivity contribution in [2.75, 3.05) is 0 Å². The van der Waals surface area contributed by atoms with Crippen LogP contribution in [0.25, 0.3) is 21.7 Å². The Balaban J connectivity index is 1.59. The highest BCUT2D eigenvalue weighted by molar-refractivity contribution is 6.07. The number of carboxylic acid groups (broad SMARTS) is 1. The fraction of sp³-hybridized carbons (Fsp3) is 0.231. The van der Waals surface area contributed by atoms with Crippen LogP contribution >= 0.6 is 0 Å². The number of carboxylic acids is 1. The second-order valence-electron chi connectivity index (χ2n) is 8.89. The molecule has 1 aliphatic heterocycles. The molecule has 0 aliphatic carbocycles. The van der Waals surface area contributed by atoms with Crippen LogP contribution in [0.4, 0.5) is 0 Å². The molecule has 1 aliphatic rings. The standard InChI is InChI=1S/C26H25N3O2/c1-26(2)14-21-18-8-4-3-7-16(18)11-12-20(21)24(29-26)28-23(25(30)31)13-17-15-27-22-10-6-5-9-19(17)22/h3-12,15,23,27H,13-14H2,1-2H3,(H,28,29)(H,30,31). The summed E-state index contributed by atoms with van der Waals surface area (Å²) in [5, 5.41) is 16.9. The average molecular weight is 412 g/mol. The maximum Gasteiger partial charge on any atom is 0.328 e. The molecule has 5 rings (SSSR count). The van der Waals surface area contributed by atoms with Crippen molar-refractivity contribution in [3.63, 3.8) is 0 Å². The number of aliphatic carboxylic acids is 1. The highest BCUT2D eigenvalue weighted by atomic mass is 16.4. The molecular weight excluding hydrogens is 386 g/mol. The molecule has 3 aromatic carbocycles. The zero-order chi connectivity index (χ0) is 21.6. The van der Waals surface area contributed by atoms with Crippen LogP contribution in [0.2, 0.25) is 0 Å². The molecule has 2 heterocycles. The largest absolute Gasteiger partial charge is 0.480 e. The summed E-state index contributed by atoms with van der Waals surface area (Å²) in [6.07, 6.45) is 3.07. The zero-order valence-corrected chi connectivity index (χ0v) is 17.6. The van der Waals surface area contributed by atoms with Gasteiger partial charge >= 0.3 is 5.97 Å². The van der Waals surface area contributed by atoms with E-state index in [-0.39, 0.29) is 5.54 Å². The second kappa shape index (κ2) is 7.27. The second-order valence-corrected chi connectivity index (χ2v) is 8.89. The van der Waals surface area contributed by atoms with E-state index in [0.29, 0.717) is 12.3 Å². The molecule has 0 saturated carbocycles. The first-order valence-electron chi connectivity index (χ1n) is 10.6. The van der Waals surface area contributed by atoms with Gasteiger partial charge in [-0.15, -0.1) is 0 Å². The summed E-state index contributed by atoms with van der Waals surface area (Å²) in [7, 11) is 0. The summed E-state index contributed by atoms with van der Waals surface area (Å²) in [6.45, 7) is 4.26. The van der Waals surface area contributed by atoms with Crippen LogP contribution in [0.15, 0.2) is 71.9 Å². The van der Waals surface area contributed by atoms with Crippen LogP contribution in [-0.4, -0.2) is 33.5 Å². The van der Waals surface area contributed by atoms with E-state index in [2.05, 4.69) is 48.4 Å². The lowest BCUT2D eigenvalue weighted by molar-refractivity contribution is -0.138. The highest BCUT2D eigenvalue weighted by Gasteiger charge is 2.31. The molecule has 3 N–H and O–H groups in total. The van der Waals surface area contributed by atoms with Gasteiger partial charge in [-0.25, -0.2) is 4.79 Å². The number of benzene rings is 3. The van der Waals surface area contributed by atoms with E-state index >= 15 is 0 Å². The van der Waals surface area contributed by atoms with Crippen LogP contribution in [-0.2, 0) is 17.6 Å². The minimum absolute atomic E-state index is 0.222. The quantitative estimate of drug-likeness (QED) is 0.456. The number of rotatable bonds is 4. The Morgan fingerprint density at radius 2 is 1.81 bits per heavy atom. The van der Waals surface area contributed by atoms with Crippen molar-refractivity contribution in [2.45, 2.75) is 38.3 Å². The molecule has 0 bridgehead atoms. The third kappa shape index (κ3) is 3.56. The number of nitrogens with zero attached hydrogens (tertiary/aromatic N) is 1. The molecule has 0 spiro atoms. The normalized spacial score (nSPS) is 17.4. The van der Waals surface area contributed by atoms with Crippen LogP contribution in [0.1, 0.15) is 30.5 Å². The fourth-order valence-corrected chi connectivity index (χ4v) is 4.58. The number of carbonyl (C=O) groups is 1. The van der Waals surface area contributed by atoms with Crippen molar-refractivity contribution in [3.05, 3.63) is 83.6 Å². The first kappa shape index (κ1) is 19.4. The summed E-state index contributed by atoms with van der Waals surface area (Å²) >= 11 is 0. The highest BCUT2D eigenvalue weighted by Crippen LogP contribution is 2.31. The van der Waals surface area contributed by atoms with E-state index < -0.39 is 12.0 Å². The van der Waals surface area contributed by atoms with E-state index in [1.165, 1.54) is 16.3 Å². The van der Waals surface area contributed by atoms with Crippen molar-refractivity contribution in [2.24, 2.45) is 4.99 Å². The predicted molar refractivity (Wildman–Crippen MR) is 125 cm³/mol. The first-order chi connectivity index (χ1) is 14.9. The Kier molecular flexibility index (Phi) is 4.54. The minimum Gasteiger partial charge on any atom is -0.480 e. The fourth-order valence-electron chi connectivity index (χ4n) is 4.58. The van der Waals surface area contributed by atoms with E-state index in [1.54, 1.807) is 0 Å². The summed E-state index contributed by atoms with van der Waals surface area (Å²) in [6, 6.07) is 19.5. The Labute approximate surface area is 180 Å². The maximum atomic E-state index is 12.2. The van der Waals surface area contributed by atoms with Crippen LogP contribution in [0, 0.1) is 0 Å². The molecular formula is C26H25N3O2. The van der Waals surface area contributed by atoms with Gasteiger partial charge in [-0.2, -0.15) is 0 Å².